The van der Waals surface area contributed by atoms with Gasteiger partial charge in [-0.2, -0.15) is 0 Å². The summed E-state index contributed by atoms with van der Waals surface area (Å²) in [6.45, 7) is -0.762. The summed E-state index contributed by atoms with van der Waals surface area (Å²) < 4.78 is 38.4. The quantitative estimate of drug-likeness (QED) is 0.811. The third-order valence-electron chi connectivity index (χ3n) is 2.07. The summed E-state index contributed by atoms with van der Waals surface area (Å²) in [5, 5.41) is 9.44. The van der Waals surface area contributed by atoms with Crippen molar-refractivity contribution in [3.8, 4) is 0 Å². The lowest BCUT2D eigenvalue weighted by atomic mass is 10.0. The summed E-state index contributed by atoms with van der Waals surface area (Å²) in [4.78, 5) is 0. The predicted octanol–water partition coefficient (Wildman–Crippen LogP) is 1.82. The van der Waals surface area contributed by atoms with E-state index in [2.05, 4.69) is 0 Å². The van der Waals surface area contributed by atoms with Gasteiger partial charge in [0.05, 0.1) is 6.10 Å². The Bertz CT molecular complexity index is 344. The molecule has 0 bridgehead atoms. The van der Waals surface area contributed by atoms with Gasteiger partial charge >= 0.3 is 0 Å². The molecule has 0 radical (unpaired) electrons. The van der Waals surface area contributed by atoms with E-state index in [1.807, 2.05) is 0 Å². The fraction of sp³-hybridized carbons (Fsp3) is 0.400. The molecule has 0 aliphatic carbocycles. The molecule has 0 saturated heterocycles. The highest BCUT2D eigenvalue weighted by Gasteiger charge is 2.17. The van der Waals surface area contributed by atoms with E-state index in [1.165, 1.54) is 0 Å². The lowest BCUT2D eigenvalue weighted by Crippen LogP contribution is -2.09. The summed E-state index contributed by atoms with van der Waals surface area (Å²) in [5.74, 6) is -2.30. The SMILES string of the molecule is NCCC(O)c1cc(CF)cc(F)c1F. The van der Waals surface area contributed by atoms with Gasteiger partial charge in [0.25, 0.3) is 0 Å². The summed E-state index contributed by atoms with van der Waals surface area (Å²) in [5.41, 5.74) is 4.93. The molecule has 84 valence electrons. The van der Waals surface area contributed by atoms with Crippen molar-refractivity contribution in [1.82, 2.24) is 0 Å². The van der Waals surface area contributed by atoms with Gasteiger partial charge in [-0.1, -0.05) is 0 Å². The van der Waals surface area contributed by atoms with Crippen molar-refractivity contribution in [2.75, 3.05) is 6.54 Å². The van der Waals surface area contributed by atoms with E-state index in [0.29, 0.717) is 0 Å². The van der Waals surface area contributed by atoms with E-state index in [9.17, 15) is 18.3 Å². The molecule has 1 aromatic rings. The minimum atomic E-state index is -1.20. The number of hydrogen-bond donors (Lipinski definition) is 2. The van der Waals surface area contributed by atoms with E-state index >= 15 is 0 Å². The Hall–Kier alpha value is -1.07. The Balaban J connectivity index is 3.09. The van der Waals surface area contributed by atoms with Crippen LogP contribution in [0.15, 0.2) is 12.1 Å². The van der Waals surface area contributed by atoms with Crippen molar-refractivity contribution in [3.05, 3.63) is 34.9 Å². The highest BCUT2D eigenvalue weighted by molar-refractivity contribution is 5.27. The second-order valence-electron chi connectivity index (χ2n) is 3.21. The Labute approximate surface area is 85.5 Å². The minimum absolute atomic E-state index is 0.0000265. The number of alkyl halides is 1. The standard InChI is InChI=1S/C10H12F3NO/c11-5-6-3-7(9(15)1-2-14)10(13)8(12)4-6/h3-4,9,15H,1-2,5,14H2. The monoisotopic (exact) mass is 219 g/mol. The van der Waals surface area contributed by atoms with Crippen LogP contribution in [0.4, 0.5) is 13.2 Å². The maximum atomic E-state index is 13.2. The summed E-state index contributed by atoms with van der Waals surface area (Å²) in [6, 6.07) is 1.88. The molecule has 3 N–H and O–H groups in total. The van der Waals surface area contributed by atoms with E-state index < -0.39 is 24.4 Å². The zero-order chi connectivity index (χ0) is 11.4. The first-order chi connectivity index (χ1) is 7.10. The highest BCUT2D eigenvalue weighted by atomic mass is 19.2. The van der Waals surface area contributed by atoms with Crippen LogP contribution in [0, 0.1) is 11.6 Å². The zero-order valence-electron chi connectivity index (χ0n) is 8.01. The number of rotatable bonds is 4. The van der Waals surface area contributed by atoms with Crippen LogP contribution in [-0.4, -0.2) is 11.7 Å². The molecule has 0 amide bonds. The van der Waals surface area contributed by atoms with Crippen LogP contribution in [0.1, 0.15) is 23.7 Å². The lowest BCUT2D eigenvalue weighted by molar-refractivity contribution is 0.164. The molecular formula is C10H12F3NO. The van der Waals surface area contributed by atoms with Crippen LogP contribution in [0.3, 0.4) is 0 Å². The molecule has 5 heteroatoms. The van der Waals surface area contributed by atoms with Gasteiger partial charge in [-0.05, 0) is 30.7 Å². The third-order valence-corrected chi connectivity index (χ3v) is 2.07. The molecule has 1 unspecified atom stereocenters. The van der Waals surface area contributed by atoms with Crippen LogP contribution in [0.25, 0.3) is 0 Å². The largest absolute Gasteiger partial charge is 0.388 e. The van der Waals surface area contributed by atoms with Crippen LogP contribution in [0.5, 0.6) is 0 Å². The van der Waals surface area contributed by atoms with Crippen molar-refractivity contribution in [2.45, 2.75) is 19.2 Å². The average Bonchev–Trinajstić information content (AvgIpc) is 2.22. The lowest BCUT2D eigenvalue weighted by Gasteiger charge is -2.12. The number of aliphatic hydroxyl groups is 1. The van der Waals surface area contributed by atoms with Gasteiger partial charge in [-0.3, -0.25) is 0 Å². The molecule has 1 rings (SSSR count). The predicted molar refractivity (Wildman–Crippen MR) is 49.8 cm³/mol. The van der Waals surface area contributed by atoms with E-state index in [-0.39, 0.29) is 24.1 Å². The summed E-state index contributed by atoms with van der Waals surface area (Å²) in [7, 11) is 0. The van der Waals surface area contributed by atoms with Gasteiger partial charge in [0.15, 0.2) is 11.6 Å². The maximum Gasteiger partial charge on any atom is 0.164 e. The van der Waals surface area contributed by atoms with Crippen molar-refractivity contribution < 1.29 is 18.3 Å². The van der Waals surface area contributed by atoms with Crippen molar-refractivity contribution in [3.63, 3.8) is 0 Å². The van der Waals surface area contributed by atoms with E-state index in [0.717, 1.165) is 12.1 Å². The Morgan fingerprint density at radius 3 is 2.53 bits per heavy atom. The van der Waals surface area contributed by atoms with Gasteiger partial charge in [0.1, 0.15) is 6.67 Å². The molecule has 0 heterocycles. The minimum Gasteiger partial charge on any atom is -0.388 e. The van der Waals surface area contributed by atoms with Crippen LogP contribution in [0.2, 0.25) is 0 Å². The average molecular weight is 219 g/mol. The zero-order valence-corrected chi connectivity index (χ0v) is 8.01. The first-order valence-corrected chi connectivity index (χ1v) is 4.52. The van der Waals surface area contributed by atoms with Gasteiger partial charge < -0.3 is 10.8 Å². The smallest absolute Gasteiger partial charge is 0.164 e. The van der Waals surface area contributed by atoms with E-state index in [4.69, 9.17) is 5.73 Å². The molecule has 2 nitrogen and oxygen atoms in total. The maximum absolute atomic E-state index is 13.2. The molecule has 0 aliphatic rings. The molecular weight excluding hydrogens is 207 g/mol. The second kappa shape index (κ2) is 5.14. The summed E-state index contributed by atoms with van der Waals surface area (Å²) >= 11 is 0. The topological polar surface area (TPSA) is 46.2 Å². The molecule has 1 aromatic carbocycles. The number of benzene rings is 1. The normalized spacial score (nSPS) is 12.9. The second-order valence-corrected chi connectivity index (χ2v) is 3.21. The Morgan fingerprint density at radius 1 is 1.33 bits per heavy atom. The molecule has 0 aliphatic heterocycles. The first kappa shape index (κ1) is 12.0. The Kier molecular flexibility index (Phi) is 4.11. The number of hydrogen-bond acceptors (Lipinski definition) is 2. The van der Waals surface area contributed by atoms with E-state index in [1.54, 1.807) is 0 Å². The van der Waals surface area contributed by atoms with Gasteiger partial charge in [-0.25, -0.2) is 13.2 Å². The molecule has 0 fully saturated rings. The summed E-state index contributed by atoms with van der Waals surface area (Å²) in [6.07, 6.45) is -1.09. The van der Waals surface area contributed by atoms with Gasteiger partial charge in [0.2, 0.25) is 0 Å². The highest BCUT2D eigenvalue weighted by Crippen LogP contribution is 2.23. The van der Waals surface area contributed by atoms with Gasteiger partial charge in [0, 0.05) is 5.56 Å². The Morgan fingerprint density at radius 2 is 2.00 bits per heavy atom. The number of aliphatic hydroxyl groups excluding tert-OH is 1. The molecule has 1 atom stereocenters. The number of halogens is 3. The van der Waals surface area contributed by atoms with Crippen LogP contribution < -0.4 is 5.73 Å². The number of nitrogens with two attached hydrogens (primary N) is 1. The molecule has 0 saturated carbocycles. The molecule has 0 aromatic heterocycles. The van der Waals surface area contributed by atoms with Crippen molar-refractivity contribution in [1.29, 1.82) is 0 Å². The van der Waals surface area contributed by atoms with Crippen molar-refractivity contribution >= 4 is 0 Å². The molecule has 0 spiro atoms. The third kappa shape index (κ3) is 2.70. The van der Waals surface area contributed by atoms with Crippen LogP contribution in [-0.2, 0) is 6.67 Å². The van der Waals surface area contributed by atoms with Crippen LogP contribution >= 0.6 is 0 Å². The van der Waals surface area contributed by atoms with Gasteiger partial charge in [-0.15, -0.1) is 0 Å². The fourth-order valence-electron chi connectivity index (χ4n) is 1.30. The van der Waals surface area contributed by atoms with Crippen molar-refractivity contribution in [2.24, 2.45) is 5.73 Å². The molecule has 15 heavy (non-hydrogen) atoms. The fourth-order valence-corrected chi connectivity index (χ4v) is 1.30. The first-order valence-electron chi connectivity index (χ1n) is 4.52.